The van der Waals surface area contributed by atoms with Crippen molar-refractivity contribution in [1.82, 2.24) is 14.9 Å². The number of amides is 1. The lowest BCUT2D eigenvalue weighted by atomic mass is 10.0. The molecule has 2 aromatic rings. The molecule has 8 heteroatoms. The highest BCUT2D eigenvalue weighted by molar-refractivity contribution is 6.31. The summed E-state index contributed by atoms with van der Waals surface area (Å²) in [6.45, 7) is 5.94. The fourth-order valence-corrected chi connectivity index (χ4v) is 3.68. The second kappa shape index (κ2) is 8.75. The van der Waals surface area contributed by atoms with Crippen LogP contribution in [-0.2, 0) is 16.1 Å². The van der Waals surface area contributed by atoms with Gasteiger partial charge in [-0.05, 0) is 30.5 Å². The number of nitrogens with zero attached hydrogens (tertiary/aromatic N) is 4. The predicted molar refractivity (Wildman–Crippen MR) is 110 cm³/mol. The SMILES string of the molecule is CC(=O)N(C)Cc1ccc(C2COCCCN2c2cc(C)nc(N)n2)c(Cl)c1. The Balaban J connectivity index is 1.93. The van der Waals surface area contributed by atoms with Gasteiger partial charge in [-0.25, -0.2) is 4.98 Å². The number of benzene rings is 1. The highest BCUT2D eigenvalue weighted by atomic mass is 35.5. The van der Waals surface area contributed by atoms with E-state index in [1.807, 2.05) is 31.2 Å². The molecule has 1 fully saturated rings. The van der Waals surface area contributed by atoms with Crippen LogP contribution >= 0.6 is 11.6 Å². The van der Waals surface area contributed by atoms with Gasteiger partial charge < -0.3 is 20.3 Å². The van der Waals surface area contributed by atoms with Crippen LogP contribution in [0.2, 0.25) is 5.02 Å². The van der Waals surface area contributed by atoms with Crippen molar-refractivity contribution in [3.8, 4) is 0 Å². The lowest BCUT2D eigenvalue weighted by Gasteiger charge is -2.31. The monoisotopic (exact) mass is 403 g/mol. The van der Waals surface area contributed by atoms with Crippen LogP contribution in [0.3, 0.4) is 0 Å². The minimum Gasteiger partial charge on any atom is -0.379 e. The van der Waals surface area contributed by atoms with Crippen LogP contribution < -0.4 is 10.6 Å². The van der Waals surface area contributed by atoms with Crippen LogP contribution in [0.1, 0.15) is 36.2 Å². The number of nitrogens with two attached hydrogens (primary N) is 1. The molecular formula is C20H26ClN5O2. The van der Waals surface area contributed by atoms with Crippen molar-refractivity contribution in [3.63, 3.8) is 0 Å². The Morgan fingerprint density at radius 1 is 1.39 bits per heavy atom. The van der Waals surface area contributed by atoms with E-state index in [-0.39, 0.29) is 17.9 Å². The first-order valence-electron chi connectivity index (χ1n) is 9.30. The second-order valence-electron chi connectivity index (χ2n) is 7.09. The van der Waals surface area contributed by atoms with E-state index in [0.717, 1.165) is 35.6 Å². The molecule has 2 heterocycles. The summed E-state index contributed by atoms with van der Waals surface area (Å²) in [4.78, 5) is 23.9. The van der Waals surface area contributed by atoms with Crippen LogP contribution in [0.15, 0.2) is 24.3 Å². The van der Waals surface area contributed by atoms with Gasteiger partial charge in [0.05, 0.1) is 12.6 Å². The summed E-state index contributed by atoms with van der Waals surface area (Å²) in [5, 5.41) is 0.647. The number of rotatable bonds is 4. The van der Waals surface area contributed by atoms with Crippen molar-refractivity contribution >= 4 is 29.3 Å². The summed E-state index contributed by atoms with van der Waals surface area (Å²) in [6.07, 6.45) is 0.887. The first kappa shape index (κ1) is 20.4. The van der Waals surface area contributed by atoms with Crippen molar-refractivity contribution < 1.29 is 9.53 Å². The molecule has 1 aliphatic rings. The molecule has 28 heavy (non-hydrogen) atoms. The zero-order valence-electron chi connectivity index (χ0n) is 16.5. The maximum absolute atomic E-state index is 11.5. The lowest BCUT2D eigenvalue weighted by molar-refractivity contribution is -0.128. The first-order chi connectivity index (χ1) is 13.3. The summed E-state index contributed by atoms with van der Waals surface area (Å²) < 4.78 is 5.83. The zero-order chi connectivity index (χ0) is 20.3. The molecule has 3 rings (SSSR count). The molecular weight excluding hydrogens is 378 g/mol. The Bertz CT molecular complexity index is 840. The van der Waals surface area contributed by atoms with E-state index in [1.54, 1.807) is 18.9 Å². The highest BCUT2D eigenvalue weighted by Gasteiger charge is 2.27. The van der Waals surface area contributed by atoms with Crippen molar-refractivity contribution in [2.45, 2.75) is 32.9 Å². The van der Waals surface area contributed by atoms with Crippen LogP contribution in [-0.4, -0.2) is 47.6 Å². The molecule has 1 saturated heterocycles. The summed E-state index contributed by atoms with van der Waals surface area (Å²) in [6, 6.07) is 7.78. The Morgan fingerprint density at radius 3 is 2.86 bits per heavy atom. The Kier molecular flexibility index (Phi) is 6.36. The summed E-state index contributed by atoms with van der Waals surface area (Å²) in [5.74, 6) is 1.05. The molecule has 1 aromatic carbocycles. The standard InChI is InChI=1S/C20H26ClN5O2/c1-13-9-19(24-20(22)23-13)26-7-4-8-28-12-18(26)16-6-5-15(10-17(16)21)11-25(3)14(2)27/h5-6,9-10,18H,4,7-8,11-12H2,1-3H3,(H2,22,23,24). The fourth-order valence-electron chi connectivity index (χ4n) is 3.36. The van der Waals surface area contributed by atoms with Gasteiger partial charge in [-0.15, -0.1) is 0 Å². The number of nitrogen functional groups attached to an aromatic ring is 1. The van der Waals surface area contributed by atoms with E-state index < -0.39 is 0 Å². The number of anilines is 2. The Morgan fingerprint density at radius 2 is 2.18 bits per heavy atom. The third kappa shape index (κ3) is 4.72. The van der Waals surface area contributed by atoms with Crippen molar-refractivity contribution in [3.05, 3.63) is 46.1 Å². The van der Waals surface area contributed by atoms with Gasteiger partial charge in [-0.3, -0.25) is 4.79 Å². The number of carbonyl (C=O) groups excluding carboxylic acids is 1. The van der Waals surface area contributed by atoms with Crippen LogP contribution in [0, 0.1) is 6.92 Å². The number of hydrogen-bond acceptors (Lipinski definition) is 6. The smallest absolute Gasteiger partial charge is 0.222 e. The van der Waals surface area contributed by atoms with Gasteiger partial charge in [0.1, 0.15) is 5.82 Å². The van der Waals surface area contributed by atoms with Gasteiger partial charge in [0.2, 0.25) is 11.9 Å². The van der Waals surface area contributed by atoms with Gasteiger partial charge in [-0.1, -0.05) is 23.7 Å². The van der Waals surface area contributed by atoms with E-state index in [0.29, 0.717) is 24.8 Å². The average molecular weight is 404 g/mol. The molecule has 0 radical (unpaired) electrons. The van der Waals surface area contributed by atoms with E-state index >= 15 is 0 Å². The molecule has 1 amide bonds. The quantitative estimate of drug-likeness (QED) is 0.844. The minimum absolute atomic E-state index is 0.0141. The maximum atomic E-state index is 11.5. The minimum atomic E-state index is -0.0803. The molecule has 1 unspecified atom stereocenters. The number of carbonyl (C=O) groups is 1. The lowest BCUT2D eigenvalue weighted by Crippen LogP contribution is -2.32. The van der Waals surface area contributed by atoms with Gasteiger partial charge in [0.15, 0.2) is 0 Å². The van der Waals surface area contributed by atoms with Crippen molar-refractivity contribution in [2.75, 3.05) is 37.4 Å². The normalized spacial score (nSPS) is 17.3. The van der Waals surface area contributed by atoms with Gasteiger partial charge >= 0.3 is 0 Å². The van der Waals surface area contributed by atoms with Crippen molar-refractivity contribution in [2.24, 2.45) is 0 Å². The molecule has 0 spiro atoms. The van der Waals surface area contributed by atoms with Gasteiger partial charge in [0.25, 0.3) is 0 Å². The molecule has 150 valence electrons. The zero-order valence-corrected chi connectivity index (χ0v) is 17.2. The Labute approximate surface area is 170 Å². The highest BCUT2D eigenvalue weighted by Crippen LogP contribution is 2.33. The predicted octanol–water partition coefficient (Wildman–Crippen LogP) is 2.97. The van der Waals surface area contributed by atoms with Crippen LogP contribution in [0.4, 0.5) is 11.8 Å². The molecule has 2 N–H and O–H groups in total. The number of halogens is 1. The summed E-state index contributed by atoms with van der Waals surface area (Å²) >= 11 is 6.65. The van der Waals surface area contributed by atoms with Gasteiger partial charge in [0, 0.05) is 50.5 Å². The molecule has 7 nitrogen and oxygen atoms in total. The number of ether oxygens (including phenoxy) is 1. The molecule has 1 aromatic heterocycles. The fraction of sp³-hybridized carbons (Fsp3) is 0.450. The third-order valence-electron chi connectivity index (χ3n) is 4.87. The van der Waals surface area contributed by atoms with E-state index in [2.05, 4.69) is 14.9 Å². The van der Waals surface area contributed by atoms with Crippen molar-refractivity contribution in [1.29, 1.82) is 0 Å². The average Bonchev–Trinajstić information content (AvgIpc) is 2.87. The Hall–Kier alpha value is -2.38. The topological polar surface area (TPSA) is 84.6 Å². The first-order valence-corrected chi connectivity index (χ1v) is 9.68. The third-order valence-corrected chi connectivity index (χ3v) is 5.20. The molecule has 1 aliphatic heterocycles. The largest absolute Gasteiger partial charge is 0.379 e. The van der Waals surface area contributed by atoms with E-state index in [4.69, 9.17) is 22.1 Å². The van der Waals surface area contributed by atoms with E-state index in [9.17, 15) is 4.79 Å². The maximum Gasteiger partial charge on any atom is 0.222 e. The summed E-state index contributed by atoms with van der Waals surface area (Å²) in [7, 11) is 1.77. The summed E-state index contributed by atoms with van der Waals surface area (Å²) in [5.41, 5.74) is 8.64. The number of hydrogen-bond donors (Lipinski definition) is 1. The van der Waals surface area contributed by atoms with Crippen LogP contribution in [0.5, 0.6) is 0 Å². The van der Waals surface area contributed by atoms with E-state index in [1.165, 1.54) is 0 Å². The molecule has 0 aliphatic carbocycles. The molecule has 0 saturated carbocycles. The number of aryl methyl sites for hydroxylation is 1. The van der Waals surface area contributed by atoms with Gasteiger partial charge in [-0.2, -0.15) is 4.98 Å². The second-order valence-corrected chi connectivity index (χ2v) is 7.50. The molecule has 0 bridgehead atoms. The molecule has 1 atom stereocenters. The van der Waals surface area contributed by atoms with Crippen LogP contribution in [0.25, 0.3) is 0 Å². The number of aromatic nitrogens is 2.